The van der Waals surface area contributed by atoms with E-state index in [2.05, 4.69) is 27.0 Å². The zero-order valence-corrected chi connectivity index (χ0v) is 11.1. The molecular weight excluding hydrogens is 228 g/mol. The molecule has 0 saturated carbocycles. The maximum atomic E-state index is 5.84. The summed E-state index contributed by atoms with van der Waals surface area (Å²) in [5, 5.41) is 12.3. The Balaban J connectivity index is 1.84. The van der Waals surface area contributed by atoms with Gasteiger partial charge in [-0.2, -0.15) is 0 Å². The number of hydrogen-bond donors (Lipinski definition) is 1. The third-order valence-electron chi connectivity index (χ3n) is 3.89. The molecule has 2 unspecified atom stereocenters. The molecule has 5 heteroatoms. The summed E-state index contributed by atoms with van der Waals surface area (Å²) in [6.45, 7) is 5.05. The third kappa shape index (κ3) is 2.17. The van der Waals surface area contributed by atoms with Gasteiger partial charge in [0, 0.05) is 19.7 Å². The van der Waals surface area contributed by atoms with Crippen molar-refractivity contribution in [2.24, 2.45) is 0 Å². The Morgan fingerprint density at radius 3 is 3.00 bits per heavy atom. The van der Waals surface area contributed by atoms with E-state index in [1.54, 1.807) is 0 Å². The smallest absolute Gasteiger partial charge is 0.162 e. The molecule has 0 aromatic carbocycles. The highest BCUT2D eigenvalue weighted by molar-refractivity contribution is 5.07. The number of hydrogen-bond acceptors (Lipinski definition) is 4. The van der Waals surface area contributed by atoms with Crippen LogP contribution in [0.2, 0.25) is 0 Å². The standard InChI is InChI=1S/C13H22N4O/c1-2-5-10-12-15-16-13(17(12)8-7-14-10)11-6-3-4-9-18-11/h10-11,14H,2-9H2,1H3. The lowest BCUT2D eigenvalue weighted by Gasteiger charge is -2.27. The summed E-state index contributed by atoms with van der Waals surface area (Å²) in [6, 6.07) is 0.369. The van der Waals surface area contributed by atoms with E-state index in [-0.39, 0.29) is 6.10 Å². The predicted molar refractivity (Wildman–Crippen MR) is 68.2 cm³/mol. The highest BCUT2D eigenvalue weighted by Gasteiger charge is 2.28. The molecule has 1 aromatic rings. The predicted octanol–water partition coefficient (Wildman–Crippen LogP) is 1.96. The number of fused-ring (bicyclic) bond motifs is 1. The van der Waals surface area contributed by atoms with Crippen molar-refractivity contribution in [3.8, 4) is 0 Å². The van der Waals surface area contributed by atoms with Crippen molar-refractivity contribution in [2.75, 3.05) is 13.2 Å². The Bertz CT molecular complexity index is 398. The van der Waals surface area contributed by atoms with Crippen molar-refractivity contribution < 1.29 is 4.74 Å². The highest BCUT2D eigenvalue weighted by Crippen LogP contribution is 2.29. The summed E-state index contributed by atoms with van der Waals surface area (Å²) in [7, 11) is 0. The minimum Gasteiger partial charge on any atom is -0.370 e. The van der Waals surface area contributed by atoms with Crippen LogP contribution < -0.4 is 5.32 Å². The van der Waals surface area contributed by atoms with Crippen LogP contribution in [0.15, 0.2) is 0 Å². The molecule has 3 rings (SSSR count). The molecule has 0 aliphatic carbocycles. The molecule has 18 heavy (non-hydrogen) atoms. The van der Waals surface area contributed by atoms with Crippen LogP contribution >= 0.6 is 0 Å². The van der Waals surface area contributed by atoms with E-state index in [1.807, 2.05) is 0 Å². The fourth-order valence-electron chi connectivity index (χ4n) is 2.96. The van der Waals surface area contributed by atoms with E-state index in [1.165, 1.54) is 19.3 Å². The average Bonchev–Trinajstić information content (AvgIpc) is 2.85. The fourth-order valence-corrected chi connectivity index (χ4v) is 2.96. The summed E-state index contributed by atoms with van der Waals surface area (Å²) in [5.74, 6) is 2.15. The van der Waals surface area contributed by atoms with Crippen molar-refractivity contribution in [3.05, 3.63) is 11.6 Å². The number of nitrogens with zero attached hydrogens (tertiary/aromatic N) is 3. The Labute approximate surface area is 108 Å². The first kappa shape index (κ1) is 12.1. The second kappa shape index (κ2) is 5.36. The highest BCUT2D eigenvalue weighted by atomic mass is 16.5. The molecule has 0 radical (unpaired) electrons. The number of nitrogens with one attached hydrogen (secondary N) is 1. The molecule has 3 heterocycles. The van der Waals surface area contributed by atoms with E-state index in [9.17, 15) is 0 Å². The molecule has 5 nitrogen and oxygen atoms in total. The monoisotopic (exact) mass is 250 g/mol. The molecule has 1 N–H and O–H groups in total. The topological polar surface area (TPSA) is 52.0 Å². The lowest BCUT2D eigenvalue weighted by molar-refractivity contribution is 0.00671. The lowest BCUT2D eigenvalue weighted by Crippen LogP contribution is -2.34. The van der Waals surface area contributed by atoms with Gasteiger partial charge in [0.2, 0.25) is 0 Å². The van der Waals surface area contributed by atoms with Crippen molar-refractivity contribution in [1.29, 1.82) is 0 Å². The summed E-state index contributed by atoms with van der Waals surface area (Å²) >= 11 is 0. The Kier molecular flexibility index (Phi) is 3.61. The molecule has 0 amide bonds. The molecule has 2 aliphatic heterocycles. The molecule has 100 valence electrons. The van der Waals surface area contributed by atoms with Crippen molar-refractivity contribution in [3.63, 3.8) is 0 Å². The van der Waals surface area contributed by atoms with E-state index in [4.69, 9.17) is 4.74 Å². The van der Waals surface area contributed by atoms with Gasteiger partial charge >= 0.3 is 0 Å². The van der Waals surface area contributed by atoms with Gasteiger partial charge < -0.3 is 14.6 Å². The molecule has 2 atom stereocenters. The van der Waals surface area contributed by atoms with Gasteiger partial charge in [-0.3, -0.25) is 0 Å². The molecule has 1 saturated heterocycles. The van der Waals surface area contributed by atoms with Gasteiger partial charge in [-0.25, -0.2) is 0 Å². The van der Waals surface area contributed by atoms with Crippen LogP contribution in [0.5, 0.6) is 0 Å². The minimum atomic E-state index is 0.167. The van der Waals surface area contributed by atoms with Gasteiger partial charge in [0.25, 0.3) is 0 Å². The summed E-state index contributed by atoms with van der Waals surface area (Å²) < 4.78 is 8.12. The Morgan fingerprint density at radius 2 is 2.22 bits per heavy atom. The van der Waals surface area contributed by atoms with Crippen molar-refractivity contribution in [1.82, 2.24) is 20.1 Å². The van der Waals surface area contributed by atoms with Crippen molar-refractivity contribution >= 4 is 0 Å². The Hall–Kier alpha value is -0.940. The molecule has 2 aliphatic rings. The second-order valence-electron chi connectivity index (χ2n) is 5.22. The quantitative estimate of drug-likeness (QED) is 0.891. The Morgan fingerprint density at radius 1 is 1.33 bits per heavy atom. The van der Waals surface area contributed by atoms with Crippen LogP contribution in [0.25, 0.3) is 0 Å². The molecule has 0 spiro atoms. The van der Waals surface area contributed by atoms with Crippen molar-refractivity contribution in [2.45, 2.75) is 57.7 Å². The number of ether oxygens (including phenoxy) is 1. The van der Waals surface area contributed by atoms with Gasteiger partial charge in [-0.05, 0) is 25.7 Å². The number of aromatic nitrogens is 3. The van der Waals surface area contributed by atoms with Crippen LogP contribution in [-0.2, 0) is 11.3 Å². The van der Waals surface area contributed by atoms with Gasteiger partial charge in [0.1, 0.15) is 11.9 Å². The average molecular weight is 250 g/mol. The van der Waals surface area contributed by atoms with Gasteiger partial charge in [-0.15, -0.1) is 10.2 Å². The van der Waals surface area contributed by atoms with Crippen LogP contribution in [0.3, 0.4) is 0 Å². The van der Waals surface area contributed by atoms with Gasteiger partial charge in [-0.1, -0.05) is 13.3 Å². The fraction of sp³-hybridized carbons (Fsp3) is 0.846. The van der Waals surface area contributed by atoms with E-state index < -0.39 is 0 Å². The molecule has 0 bridgehead atoms. The molecule has 1 aromatic heterocycles. The number of rotatable bonds is 3. The van der Waals surface area contributed by atoms with E-state index >= 15 is 0 Å². The van der Waals surface area contributed by atoms with E-state index in [0.29, 0.717) is 6.04 Å². The summed E-state index contributed by atoms with van der Waals surface area (Å²) in [4.78, 5) is 0. The maximum Gasteiger partial charge on any atom is 0.162 e. The van der Waals surface area contributed by atoms with Crippen LogP contribution in [0.1, 0.15) is 62.8 Å². The molecular formula is C13H22N4O. The first-order valence-corrected chi connectivity index (χ1v) is 7.18. The summed E-state index contributed by atoms with van der Waals surface area (Å²) in [5.41, 5.74) is 0. The SMILES string of the molecule is CCCC1NCCn2c1nnc2C1CCCCO1. The largest absolute Gasteiger partial charge is 0.370 e. The van der Waals surface area contributed by atoms with Crippen LogP contribution in [0, 0.1) is 0 Å². The van der Waals surface area contributed by atoms with E-state index in [0.717, 1.165) is 44.2 Å². The van der Waals surface area contributed by atoms with Gasteiger partial charge in [0.05, 0.1) is 6.04 Å². The maximum absolute atomic E-state index is 5.84. The zero-order chi connectivity index (χ0) is 12.4. The molecule has 1 fully saturated rings. The summed E-state index contributed by atoms with van der Waals surface area (Å²) in [6.07, 6.45) is 5.97. The second-order valence-corrected chi connectivity index (χ2v) is 5.22. The lowest BCUT2D eigenvalue weighted by atomic mass is 10.1. The third-order valence-corrected chi connectivity index (χ3v) is 3.89. The van der Waals surface area contributed by atoms with Gasteiger partial charge in [0.15, 0.2) is 5.82 Å². The first-order chi connectivity index (χ1) is 8.90. The zero-order valence-electron chi connectivity index (χ0n) is 11.1. The van der Waals surface area contributed by atoms with Crippen LogP contribution in [0.4, 0.5) is 0 Å². The minimum absolute atomic E-state index is 0.167. The first-order valence-electron chi connectivity index (χ1n) is 7.18. The normalized spacial score (nSPS) is 28.1. The van der Waals surface area contributed by atoms with Crippen LogP contribution in [-0.4, -0.2) is 27.9 Å².